The predicted octanol–water partition coefficient (Wildman–Crippen LogP) is 7.71. The average Bonchev–Trinajstić information content (AvgIpc) is 3.52. The fourth-order valence-electron chi connectivity index (χ4n) is 5.64. The second kappa shape index (κ2) is 10.7. The van der Waals surface area contributed by atoms with Crippen molar-refractivity contribution in [2.75, 3.05) is 23.7 Å². The molecule has 4 heterocycles. The van der Waals surface area contributed by atoms with E-state index in [1.165, 1.54) is 30.2 Å². The Hall–Kier alpha value is -3.35. The Morgan fingerprint density at radius 3 is 2.49 bits per heavy atom. The second-order valence-corrected chi connectivity index (χ2v) is 11.8. The van der Waals surface area contributed by atoms with Crippen LogP contribution in [0.5, 0.6) is 0 Å². The maximum Gasteiger partial charge on any atom is 0.226 e. The first kappa shape index (κ1) is 27.2. The van der Waals surface area contributed by atoms with Crippen LogP contribution in [0.1, 0.15) is 70.1 Å². The van der Waals surface area contributed by atoms with E-state index in [4.69, 9.17) is 10.5 Å². The summed E-state index contributed by atoms with van der Waals surface area (Å²) in [5.74, 6) is -0.790. The molecule has 2 aromatic heterocycles. The fourth-order valence-corrected chi connectivity index (χ4v) is 6.56. The van der Waals surface area contributed by atoms with Crippen LogP contribution in [0.2, 0.25) is 0 Å². The van der Waals surface area contributed by atoms with Crippen molar-refractivity contribution in [3.8, 4) is 17.2 Å². The largest absolute Gasteiger partial charge is 0.389 e. The summed E-state index contributed by atoms with van der Waals surface area (Å²) in [6.07, 6.45) is 6.49. The van der Waals surface area contributed by atoms with Gasteiger partial charge in [-0.15, -0.1) is 11.3 Å². The molecule has 0 radical (unpaired) electrons. The standard InChI is InChI=1S/C26H23F2N5OS.C4H10/c1-3-6-26(2)11-33(12-26)25-31-8-14-15-9-34-10-16(15)20(22(28)23(14)32-25)21-17(27)4-5-18-19(21)13(7-29)24(30)35-18;1-3-4-2/h4-5,8H,3,6,9-12,30H2,1-2H3;3-4H2,1-2H3. The molecular weight excluding hydrogens is 516 g/mol. The van der Waals surface area contributed by atoms with Crippen molar-refractivity contribution < 1.29 is 13.5 Å². The summed E-state index contributed by atoms with van der Waals surface area (Å²) < 4.78 is 38.1. The number of rotatable bonds is 5. The van der Waals surface area contributed by atoms with E-state index in [0.717, 1.165) is 31.5 Å². The van der Waals surface area contributed by atoms with Gasteiger partial charge in [0.2, 0.25) is 5.95 Å². The molecule has 0 bridgehead atoms. The maximum absolute atomic E-state index is 16.4. The topological polar surface area (TPSA) is 88.1 Å². The molecule has 6 rings (SSSR count). The van der Waals surface area contributed by atoms with E-state index in [1.807, 2.05) is 4.90 Å². The van der Waals surface area contributed by atoms with Gasteiger partial charge < -0.3 is 15.4 Å². The van der Waals surface area contributed by atoms with Crippen LogP contribution >= 0.6 is 11.3 Å². The highest BCUT2D eigenvalue weighted by Crippen LogP contribution is 2.46. The number of nitrogens with two attached hydrogens (primary N) is 1. The highest BCUT2D eigenvalue weighted by Gasteiger charge is 2.39. The highest BCUT2D eigenvalue weighted by atomic mass is 32.1. The average molecular weight is 550 g/mol. The second-order valence-electron chi connectivity index (χ2n) is 10.7. The summed E-state index contributed by atoms with van der Waals surface area (Å²) in [7, 11) is 0. The molecule has 0 spiro atoms. The van der Waals surface area contributed by atoms with Gasteiger partial charge in [0.1, 0.15) is 22.4 Å². The number of ether oxygens (including phenoxy) is 1. The Kier molecular flexibility index (Phi) is 7.45. The molecular formula is C30H33F2N5OS. The molecule has 204 valence electrons. The van der Waals surface area contributed by atoms with Crippen molar-refractivity contribution in [1.82, 2.24) is 9.97 Å². The third-order valence-corrected chi connectivity index (χ3v) is 8.65. The summed E-state index contributed by atoms with van der Waals surface area (Å²) in [4.78, 5) is 11.2. The van der Waals surface area contributed by atoms with Crippen molar-refractivity contribution in [2.45, 2.75) is 66.6 Å². The molecule has 0 unspecified atom stereocenters. The molecule has 2 aromatic carbocycles. The molecule has 0 aliphatic carbocycles. The summed E-state index contributed by atoms with van der Waals surface area (Å²) in [6.45, 7) is 10.8. The lowest BCUT2D eigenvalue weighted by molar-refractivity contribution is 0.135. The summed E-state index contributed by atoms with van der Waals surface area (Å²) in [6, 6.07) is 4.93. The SMILES string of the molecule is CCCC.CCCC1(C)CN(c2ncc3c4c(c(-c5c(F)ccc6sc(N)c(C#N)c56)c(F)c3n2)COC4)C1. The monoisotopic (exact) mass is 549 g/mol. The molecule has 1 saturated heterocycles. The highest BCUT2D eigenvalue weighted by molar-refractivity contribution is 7.23. The van der Waals surface area contributed by atoms with Crippen LogP contribution in [0.15, 0.2) is 18.3 Å². The zero-order chi connectivity index (χ0) is 27.9. The Balaban J connectivity index is 0.000000723. The van der Waals surface area contributed by atoms with E-state index >= 15 is 8.78 Å². The number of nitriles is 1. The Bertz CT molecular complexity index is 1600. The Morgan fingerprint density at radius 1 is 1.10 bits per heavy atom. The lowest BCUT2D eigenvalue weighted by atomic mass is 9.78. The van der Waals surface area contributed by atoms with Gasteiger partial charge in [0.15, 0.2) is 5.82 Å². The summed E-state index contributed by atoms with van der Waals surface area (Å²) >= 11 is 1.19. The Labute approximate surface area is 231 Å². The minimum atomic E-state index is -0.634. The number of hydrogen-bond acceptors (Lipinski definition) is 7. The van der Waals surface area contributed by atoms with Crippen molar-refractivity contribution in [2.24, 2.45) is 5.41 Å². The Morgan fingerprint density at radius 2 is 1.82 bits per heavy atom. The smallest absolute Gasteiger partial charge is 0.226 e. The maximum atomic E-state index is 16.4. The van der Waals surface area contributed by atoms with Crippen LogP contribution in [0.3, 0.4) is 0 Å². The predicted molar refractivity (Wildman–Crippen MR) is 154 cm³/mol. The van der Waals surface area contributed by atoms with Crippen LogP contribution in [0, 0.1) is 28.4 Å². The van der Waals surface area contributed by atoms with Crippen molar-refractivity contribution >= 4 is 43.3 Å². The molecule has 0 saturated carbocycles. The van der Waals surface area contributed by atoms with Gasteiger partial charge in [0.25, 0.3) is 0 Å². The minimum Gasteiger partial charge on any atom is -0.389 e. The molecule has 6 nitrogen and oxygen atoms in total. The number of halogens is 2. The lowest BCUT2D eigenvalue weighted by Crippen LogP contribution is -2.55. The number of nitrogen functional groups attached to an aromatic ring is 1. The van der Waals surface area contributed by atoms with Gasteiger partial charge in [-0.3, -0.25) is 0 Å². The first-order chi connectivity index (χ1) is 18.8. The molecule has 0 amide bonds. The molecule has 2 N–H and O–H groups in total. The van der Waals surface area contributed by atoms with E-state index in [-0.39, 0.29) is 45.8 Å². The first-order valence-corrected chi connectivity index (χ1v) is 14.3. The summed E-state index contributed by atoms with van der Waals surface area (Å²) in [5, 5.41) is 10.9. The van der Waals surface area contributed by atoms with Gasteiger partial charge in [0, 0.05) is 51.3 Å². The van der Waals surface area contributed by atoms with Gasteiger partial charge in [0.05, 0.1) is 18.8 Å². The molecule has 2 aliphatic heterocycles. The van der Waals surface area contributed by atoms with Gasteiger partial charge in [-0.2, -0.15) is 5.26 Å². The normalized spacial score (nSPS) is 15.6. The van der Waals surface area contributed by atoms with Crippen molar-refractivity contribution in [1.29, 1.82) is 5.26 Å². The number of nitrogens with zero attached hydrogens (tertiary/aromatic N) is 4. The third-order valence-electron chi connectivity index (χ3n) is 7.66. The molecule has 2 aliphatic rings. The van der Waals surface area contributed by atoms with Crippen LogP contribution in [-0.2, 0) is 18.0 Å². The zero-order valence-corrected chi connectivity index (χ0v) is 23.6. The molecule has 9 heteroatoms. The van der Waals surface area contributed by atoms with Crippen LogP contribution in [0.25, 0.3) is 32.1 Å². The van der Waals surface area contributed by atoms with E-state index < -0.39 is 11.6 Å². The van der Waals surface area contributed by atoms with Crippen LogP contribution in [0.4, 0.5) is 19.7 Å². The number of aromatic nitrogens is 2. The number of hydrogen-bond donors (Lipinski definition) is 1. The van der Waals surface area contributed by atoms with Crippen molar-refractivity contribution in [3.05, 3.63) is 46.7 Å². The van der Waals surface area contributed by atoms with E-state index in [9.17, 15) is 5.26 Å². The minimum absolute atomic E-state index is 0.0350. The van der Waals surface area contributed by atoms with Crippen LogP contribution in [-0.4, -0.2) is 23.1 Å². The molecule has 1 fully saturated rings. The van der Waals surface area contributed by atoms with E-state index in [1.54, 1.807) is 12.3 Å². The number of benzene rings is 2. The molecule has 0 atom stereocenters. The zero-order valence-electron chi connectivity index (χ0n) is 22.8. The number of anilines is 2. The summed E-state index contributed by atoms with van der Waals surface area (Å²) in [5.41, 5.74) is 7.98. The fraction of sp³-hybridized carbons (Fsp3) is 0.433. The first-order valence-electron chi connectivity index (χ1n) is 13.5. The molecule has 39 heavy (non-hydrogen) atoms. The van der Waals surface area contributed by atoms with Crippen molar-refractivity contribution in [3.63, 3.8) is 0 Å². The van der Waals surface area contributed by atoms with Gasteiger partial charge >= 0.3 is 0 Å². The van der Waals surface area contributed by atoms with Gasteiger partial charge in [-0.1, -0.05) is 47.0 Å². The van der Waals surface area contributed by atoms with E-state index in [0.29, 0.717) is 27.0 Å². The van der Waals surface area contributed by atoms with E-state index in [2.05, 4.69) is 43.7 Å². The molecule has 4 aromatic rings. The third kappa shape index (κ3) is 4.60. The quantitative estimate of drug-likeness (QED) is 0.274. The lowest BCUT2D eigenvalue weighted by Gasteiger charge is -2.48. The van der Waals surface area contributed by atoms with Crippen LogP contribution < -0.4 is 10.6 Å². The number of thiophene rings is 1. The van der Waals surface area contributed by atoms with Gasteiger partial charge in [-0.25, -0.2) is 18.7 Å². The number of fused-ring (bicyclic) bond motifs is 4. The number of unbranched alkanes of at least 4 members (excludes halogenated alkanes) is 1. The van der Waals surface area contributed by atoms with Gasteiger partial charge in [-0.05, 0) is 29.7 Å².